The van der Waals surface area contributed by atoms with Gasteiger partial charge in [0.1, 0.15) is 5.82 Å². The van der Waals surface area contributed by atoms with E-state index in [1.807, 2.05) is 0 Å². The van der Waals surface area contributed by atoms with Crippen molar-refractivity contribution in [2.75, 3.05) is 5.73 Å². The molecule has 2 aromatic heterocycles. The second-order valence-corrected chi connectivity index (χ2v) is 4.10. The number of aromatic hydroxyl groups is 2. The van der Waals surface area contributed by atoms with Gasteiger partial charge in [-0.1, -0.05) is 5.16 Å². The Bertz CT molecular complexity index is 770. The van der Waals surface area contributed by atoms with E-state index < -0.39 is 0 Å². The van der Waals surface area contributed by atoms with E-state index in [0.717, 1.165) is 0 Å². The normalized spacial score (nSPS) is 10.6. The molecule has 1 aromatic carbocycles. The number of phenols is 2. The minimum Gasteiger partial charge on any atom is -0.504 e. The number of nitrogens with zero attached hydrogens (tertiary/aromatic N) is 3. The number of anilines is 1. The van der Waals surface area contributed by atoms with Crippen LogP contribution in [0.4, 0.5) is 5.82 Å². The van der Waals surface area contributed by atoms with Crippen molar-refractivity contribution in [3.8, 4) is 34.3 Å². The maximum atomic E-state index is 9.46. The van der Waals surface area contributed by atoms with Gasteiger partial charge in [-0.25, -0.2) is 4.98 Å². The number of aromatic nitrogens is 3. The standard InChI is InChI=1S/C13H10N4O3/c14-11-6-8(3-4-15-11)13-16-12(17-20-13)7-1-2-9(18)10(19)5-7/h1-6,18-19H,(H2,14,15). The van der Waals surface area contributed by atoms with Crippen LogP contribution in [0.15, 0.2) is 41.1 Å². The van der Waals surface area contributed by atoms with Gasteiger partial charge in [-0.3, -0.25) is 0 Å². The van der Waals surface area contributed by atoms with Crippen LogP contribution in [-0.4, -0.2) is 25.3 Å². The lowest BCUT2D eigenvalue weighted by Gasteiger charge is -1.98. The fraction of sp³-hybridized carbons (Fsp3) is 0. The van der Waals surface area contributed by atoms with E-state index in [2.05, 4.69) is 15.1 Å². The minimum absolute atomic E-state index is 0.209. The molecule has 0 aliphatic heterocycles. The average Bonchev–Trinajstić information content (AvgIpc) is 2.92. The predicted molar refractivity (Wildman–Crippen MR) is 70.7 cm³/mol. The van der Waals surface area contributed by atoms with E-state index >= 15 is 0 Å². The number of nitrogen functional groups attached to an aromatic ring is 1. The third-order valence-electron chi connectivity index (χ3n) is 2.69. The predicted octanol–water partition coefficient (Wildman–Crippen LogP) is 1.79. The first-order chi connectivity index (χ1) is 9.63. The van der Waals surface area contributed by atoms with Gasteiger partial charge in [0.05, 0.1) is 0 Å². The van der Waals surface area contributed by atoms with Crippen LogP contribution in [0, 0.1) is 0 Å². The molecule has 0 fully saturated rings. The third kappa shape index (κ3) is 2.12. The summed E-state index contributed by atoms with van der Waals surface area (Å²) in [5.74, 6) is 0.484. The number of hydrogen-bond acceptors (Lipinski definition) is 7. The Labute approximate surface area is 113 Å². The zero-order chi connectivity index (χ0) is 14.1. The maximum Gasteiger partial charge on any atom is 0.258 e. The second-order valence-electron chi connectivity index (χ2n) is 4.10. The molecule has 0 saturated carbocycles. The van der Waals surface area contributed by atoms with E-state index in [1.54, 1.807) is 24.4 Å². The molecule has 0 aliphatic rings. The highest BCUT2D eigenvalue weighted by molar-refractivity contribution is 5.63. The molecule has 3 rings (SSSR count). The lowest BCUT2D eigenvalue weighted by atomic mass is 10.2. The van der Waals surface area contributed by atoms with Crippen LogP contribution >= 0.6 is 0 Å². The summed E-state index contributed by atoms with van der Waals surface area (Å²) in [4.78, 5) is 8.09. The van der Waals surface area contributed by atoms with E-state index in [9.17, 15) is 10.2 Å². The quantitative estimate of drug-likeness (QED) is 0.607. The average molecular weight is 270 g/mol. The zero-order valence-electron chi connectivity index (χ0n) is 10.2. The number of hydrogen-bond donors (Lipinski definition) is 3. The van der Waals surface area contributed by atoms with Gasteiger partial charge in [0.2, 0.25) is 5.82 Å². The van der Waals surface area contributed by atoms with Crippen LogP contribution in [0.25, 0.3) is 22.8 Å². The van der Waals surface area contributed by atoms with Gasteiger partial charge >= 0.3 is 0 Å². The molecule has 7 nitrogen and oxygen atoms in total. The van der Waals surface area contributed by atoms with Crippen molar-refractivity contribution in [3.05, 3.63) is 36.5 Å². The molecule has 4 N–H and O–H groups in total. The first-order valence-corrected chi connectivity index (χ1v) is 5.71. The Hall–Kier alpha value is -3.09. The van der Waals surface area contributed by atoms with E-state index in [1.165, 1.54) is 12.1 Å². The van der Waals surface area contributed by atoms with Gasteiger partial charge in [0, 0.05) is 17.3 Å². The van der Waals surface area contributed by atoms with Crippen molar-refractivity contribution < 1.29 is 14.7 Å². The first kappa shape index (κ1) is 12.0. The number of rotatable bonds is 2. The van der Waals surface area contributed by atoms with Crippen LogP contribution < -0.4 is 5.73 Å². The Morgan fingerprint density at radius 1 is 1.00 bits per heavy atom. The summed E-state index contributed by atoms with van der Waals surface area (Å²) in [5, 5.41) is 22.6. The molecule has 0 aliphatic carbocycles. The molecule has 7 heteroatoms. The highest BCUT2D eigenvalue weighted by atomic mass is 16.5. The second kappa shape index (κ2) is 4.54. The molecule has 0 spiro atoms. The number of nitrogens with two attached hydrogens (primary N) is 1. The zero-order valence-corrected chi connectivity index (χ0v) is 10.2. The summed E-state index contributed by atoms with van der Waals surface area (Å²) in [6, 6.07) is 7.59. The Kier molecular flexibility index (Phi) is 2.72. The fourth-order valence-corrected chi connectivity index (χ4v) is 1.70. The maximum absolute atomic E-state index is 9.46. The number of pyridine rings is 1. The minimum atomic E-state index is -0.248. The molecule has 0 bridgehead atoms. The van der Waals surface area contributed by atoms with Gasteiger partial charge in [0.25, 0.3) is 5.89 Å². The van der Waals surface area contributed by atoms with Crippen LogP contribution in [0.1, 0.15) is 0 Å². The summed E-state index contributed by atoms with van der Waals surface area (Å²) < 4.78 is 5.14. The smallest absolute Gasteiger partial charge is 0.258 e. The monoisotopic (exact) mass is 270 g/mol. The van der Waals surface area contributed by atoms with Crippen LogP contribution in [0.5, 0.6) is 11.5 Å². The van der Waals surface area contributed by atoms with E-state index in [-0.39, 0.29) is 11.5 Å². The van der Waals surface area contributed by atoms with Crippen molar-refractivity contribution in [1.82, 2.24) is 15.1 Å². The van der Waals surface area contributed by atoms with Crippen molar-refractivity contribution in [1.29, 1.82) is 0 Å². The summed E-state index contributed by atoms with van der Waals surface area (Å²) in [6.07, 6.45) is 1.54. The lowest BCUT2D eigenvalue weighted by molar-refractivity contribution is 0.404. The van der Waals surface area contributed by atoms with Crippen molar-refractivity contribution >= 4 is 5.82 Å². The van der Waals surface area contributed by atoms with Gasteiger partial charge < -0.3 is 20.5 Å². The molecule has 0 atom stereocenters. The summed E-state index contributed by atoms with van der Waals surface area (Å²) >= 11 is 0. The molecule has 2 heterocycles. The van der Waals surface area contributed by atoms with Crippen LogP contribution in [-0.2, 0) is 0 Å². The Morgan fingerprint density at radius 3 is 2.60 bits per heavy atom. The molecule has 0 saturated heterocycles. The third-order valence-corrected chi connectivity index (χ3v) is 2.69. The topological polar surface area (TPSA) is 118 Å². The lowest BCUT2D eigenvalue weighted by Crippen LogP contribution is -1.89. The van der Waals surface area contributed by atoms with Gasteiger partial charge in [0.15, 0.2) is 11.5 Å². The van der Waals surface area contributed by atoms with Gasteiger partial charge in [-0.15, -0.1) is 0 Å². The van der Waals surface area contributed by atoms with E-state index in [0.29, 0.717) is 28.7 Å². The van der Waals surface area contributed by atoms with Crippen molar-refractivity contribution in [2.45, 2.75) is 0 Å². The Morgan fingerprint density at radius 2 is 1.85 bits per heavy atom. The summed E-state index contributed by atoms with van der Waals surface area (Å²) in [5.41, 5.74) is 6.77. The number of benzene rings is 1. The van der Waals surface area contributed by atoms with Gasteiger partial charge in [-0.2, -0.15) is 4.98 Å². The van der Waals surface area contributed by atoms with E-state index in [4.69, 9.17) is 10.3 Å². The molecule has 0 radical (unpaired) electrons. The van der Waals surface area contributed by atoms with Crippen LogP contribution in [0.2, 0.25) is 0 Å². The molecule has 0 amide bonds. The Balaban J connectivity index is 1.99. The molecule has 0 unspecified atom stereocenters. The molecule has 100 valence electrons. The fourth-order valence-electron chi connectivity index (χ4n) is 1.70. The van der Waals surface area contributed by atoms with Crippen molar-refractivity contribution in [2.24, 2.45) is 0 Å². The summed E-state index contributed by atoms with van der Waals surface area (Å²) in [7, 11) is 0. The number of phenolic OH excluding ortho intramolecular Hbond substituents is 2. The largest absolute Gasteiger partial charge is 0.504 e. The molecule has 3 aromatic rings. The van der Waals surface area contributed by atoms with Crippen LogP contribution in [0.3, 0.4) is 0 Å². The van der Waals surface area contributed by atoms with Gasteiger partial charge in [-0.05, 0) is 30.3 Å². The molecule has 20 heavy (non-hydrogen) atoms. The molecular weight excluding hydrogens is 260 g/mol. The SMILES string of the molecule is Nc1cc(-c2nc(-c3ccc(O)c(O)c3)no2)ccn1. The first-order valence-electron chi connectivity index (χ1n) is 5.71. The highest BCUT2D eigenvalue weighted by Crippen LogP contribution is 2.30. The van der Waals surface area contributed by atoms with Crippen molar-refractivity contribution in [3.63, 3.8) is 0 Å². The highest BCUT2D eigenvalue weighted by Gasteiger charge is 2.12. The summed E-state index contributed by atoms with van der Waals surface area (Å²) in [6.45, 7) is 0. The molecular formula is C13H10N4O3.